The Morgan fingerprint density at radius 3 is 2.85 bits per heavy atom. The van der Waals surface area contributed by atoms with Gasteiger partial charge in [0.05, 0.1) is 12.9 Å². The Morgan fingerprint density at radius 2 is 2.15 bits per heavy atom. The second kappa shape index (κ2) is 7.05. The Labute approximate surface area is 121 Å². The van der Waals surface area contributed by atoms with Gasteiger partial charge in [-0.15, -0.1) is 11.8 Å². The van der Waals surface area contributed by atoms with Gasteiger partial charge in [-0.3, -0.25) is 0 Å². The first-order valence-corrected chi connectivity index (χ1v) is 7.29. The molecule has 1 aromatic carbocycles. The van der Waals surface area contributed by atoms with Crippen molar-refractivity contribution in [3.05, 3.63) is 47.9 Å². The molecule has 0 radical (unpaired) electrons. The molecular weight excluding hydrogens is 276 g/mol. The molecule has 0 aliphatic carbocycles. The maximum Gasteiger partial charge on any atom is 0.339 e. The monoisotopic (exact) mass is 292 g/mol. The first-order chi connectivity index (χ1) is 9.68. The van der Waals surface area contributed by atoms with Crippen LogP contribution in [0.15, 0.2) is 45.9 Å². The van der Waals surface area contributed by atoms with Crippen LogP contribution in [0.4, 0.5) is 0 Å². The number of hydrogen-bond donors (Lipinski definition) is 1. The topological polar surface area (TPSA) is 59.7 Å². The van der Waals surface area contributed by atoms with E-state index in [0.717, 1.165) is 22.8 Å². The molecule has 0 saturated heterocycles. The van der Waals surface area contributed by atoms with Crippen molar-refractivity contribution in [1.82, 2.24) is 0 Å². The fraction of sp³-hybridized carbons (Fsp3) is 0.267. The fourth-order valence-electron chi connectivity index (χ4n) is 1.72. The number of carbonyl (C=O) groups is 1. The summed E-state index contributed by atoms with van der Waals surface area (Å²) in [5.74, 6) is 1.27. The van der Waals surface area contributed by atoms with E-state index in [2.05, 4.69) is 0 Å². The number of hydrogen-bond acceptors (Lipinski definition) is 4. The van der Waals surface area contributed by atoms with Gasteiger partial charge in [0.15, 0.2) is 0 Å². The van der Waals surface area contributed by atoms with Gasteiger partial charge in [-0.05, 0) is 31.5 Å². The summed E-state index contributed by atoms with van der Waals surface area (Å²) in [6.45, 7) is 2.43. The van der Waals surface area contributed by atoms with Crippen LogP contribution in [0.5, 0.6) is 5.75 Å². The lowest BCUT2D eigenvalue weighted by atomic mass is 10.2. The summed E-state index contributed by atoms with van der Waals surface area (Å²) >= 11 is 1.71. The second-order valence-electron chi connectivity index (χ2n) is 4.19. The number of furan rings is 1. The third-order valence-electron chi connectivity index (χ3n) is 2.73. The molecule has 0 bridgehead atoms. The van der Waals surface area contributed by atoms with Crippen LogP contribution in [0.25, 0.3) is 0 Å². The Kier molecular flexibility index (Phi) is 5.12. The highest BCUT2D eigenvalue weighted by molar-refractivity contribution is 7.99. The van der Waals surface area contributed by atoms with Crippen LogP contribution in [0.3, 0.4) is 0 Å². The van der Waals surface area contributed by atoms with E-state index in [4.69, 9.17) is 14.3 Å². The van der Waals surface area contributed by atoms with E-state index in [1.165, 1.54) is 0 Å². The van der Waals surface area contributed by atoms with Crippen LogP contribution in [0.1, 0.15) is 22.5 Å². The van der Waals surface area contributed by atoms with Gasteiger partial charge in [0.1, 0.15) is 17.1 Å². The largest absolute Gasteiger partial charge is 0.493 e. The van der Waals surface area contributed by atoms with Gasteiger partial charge >= 0.3 is 5.97 Å². The third-order valence-corrected chi connectivity index (χ3v) is 3.96. The molecule has 0 aliphatic heterocycles. The quantitative estimate of drug-likeness (QED) is 0.620. The molecule has 1 N–H and O–H groups in total. The highest BCUT2D eigenvalue weighted by atomic mass is 32.2. The molecule has 1 heterocycles. The number of benzene rings is 1. The van der Waals surface area contributed by atoms with Crippen LogP contribution in [0, 0.1) is 6.92 Å². The molecule has 2 rings (SSSR count). The van der Waals surface area contributed by atoms with E-state index in [-0.39, 0.29) is 5.56 Å². The van der Waals surface area contributed by atoms with Crippen molar-refractivity contribution < 1.29 is 19.1 Å². The van der Waals surface area contributed by atoms with E-state index in [9.17, 15) is 4.79 Å². The first-order valence-electron chi connectivity index (χ1n) is 6.30. The van der Waals surface area contributed by atoms with Crippen LogP contribution in [0.2, 0.25) is 0 Å². The Bertz CT molecular complexity index is 577. The van der Waals surface area contributed by atoms with Crippen molar-refractivity contribution in [1.29, 1.82) is 0 Å². The summed E-state index contributed by atoms with van der Waals surface area (Å²) in [6.07, 6.45) is 2.51. The van der Waals surface area contributed by atoms with E-state index >= 15 is 0 Å². The molecule has 106 valence electrons. The Hall–Kier alpha value is -1.88. The number of aromatic carboxylic acids is 1. The zero-order chi connectivity index (χ0) is 14.4. The molecule has 0 saturated carbocycles. The van der Waals surface area contributed by atoms with Gasteiger partial charge in [-0.25, -0.2) is 4.79 Å². The van der Waals surface area contributed by atoms with Crippen LogP contribution in [-0.2, 0) is 0 Å². The average molecular weight is 292 g/mol. The normalized spacial score (nSPS) is 10.4. The van der Waals surface area contributed by atoms with Gasteiger partial charge in [0.25, 0.3) is 0 Å². The molecule has 5 heteroatoms. The highest BCUT2D eigenvalue weighted by Gasteiger charge is 2.09. The van der Waals surface area contributed by atoms with Gasteiger partial charge in [0.2, 0.25) is 0 Å². The van der Waals surface area contributed by atoms with Crippen molar-refractivity contribution in [2.45, 2.75) is 18.2 Å². The minimum Gasteiger partial charge on any atom is -0.493 e. The molecule has 0 atom stereocenters. The Balaban J connectivity index is 1.76. The van der Waals surface area contributed by atoms with E-state index in [1.54, 1.807) is 42.3 Å². The predicted octanol–water partition coefficient (Wildman–Crippen LogP) is 3.85. The molecule has 4 nitrogen and oxygen atoms in total. The third kappa shape index (κ3) is 3.81. The van der Waals surface area contributed by atoms with Crippen molar-refractivity contribution in [3.8, 4) is 5.75 Å². The van der Waals surface area contributed by atoms with Gasteiger partial charge < -0.3 is 14.3 Å². The zero-order valence-corrected chi connectivity index (χ0v) is 12.0. The van der Waals surface area contributed by atoms with Crippen molar-refractivity contribution in [2.24, 2.45) is 0 Å². The van der Waals surface area contributed by atoms with Crippen LogP contribution in [-0.4, -0.2) is 23.4 Å². The number of rotatable bonds is 7. The zero-order valence-electron chi connectivity index (χ0n) is 11.2. The number of thioether (sulfide) groups is 1. The molecular formula is C15H16O4S. The first kappa shape index (κ1) is 14.5. The summed E-state index contributed by atoms with van der Waals surface area (Å²) < 4.78 is 10.7. The minimum absolute atomic E-state index is 0.200. The molecule has 1 aromatic heterocycles. The maximum atomic E-state index is 11.0. The molecule has 20 heavy (non-hydrogen) atoms. The van der Waals surface area contributed by atoms with Gasteiger partial charge in [-0.1, -0.05) is 12.1 Å². The van der Waals surface area contributed by atoms with Crippen molar-refractivity contribution in [3.63, 3.8) is 0 Å². The molecule has 0 unspecified atom stereocenters. The summed E-state index contributed by atoms with van der Waals surface area (Å²) in [5, 5.41) is 9.03. The van der Waals surface area contributed by atoms with Crippen molar-refractivity contribution >= 4 is 17.7 Å². The summed E-state index contributed by atoms with van der Waals surface area (Å²) in [4.78, 5) is 12.1. The standard InChI is InChI=1S/C15H16O4S/c1-11-14(7-9-18-11)20-10-4-8-19-13-6-3-2-5-12(13)15(16)17/h2-3,5-7,9H,4,8,10H2,1H3,(H,16,17). The highest BCUT2D eigenvalue weighted by Crippen LogP contribution is 2.24. The predicted molar refractivity (Wildman–Crippen MR) is 77.7 cm³/mol. The number of ether oxygens (including phenoxy) is 1. The van der Waals surface area contributed by atoms with Crippen molar-refractivity contribution in [2.75, 3.05) is 12.4 Å². The summed E-state index contributed by atoms with van der Waals surface area (Å²) in [7, 11) is 0. The SMILES string of the molecule is Cc1occc1SCCCOc1ccccc1C(=O)O. The summed E-state index contributed by atoms with van der Waals surface area (Å²) in [6, 6.07) is 8.62. The number of aryl methyl sites for hydroxylation is 1. The average Bonchev–Trinajstić information content (AvgIpc) is 2.84. The van der Waals surface area contributed by atoms with Crippen LogP contribution < -0.4 is 4.74 Å². The number of para-hydroxylation sites is 1. The van der Waals surface area contributed by atoms with Gasteiger partial charge in [0, 0.05) is 10.6 Å². The van der Waals surface area contributed by atoms with E-state index in [1.807, 2.05) is 13.0 Å². The smallest absolute Gasteiger partial charge is 0.339 e. The molecule has 0 fully saturated rings. The van der Waals surface area contributed by atoms with E-state index < -0.39 is 5.97 Å². The molecule has 0 amide bonds. The Morgan fingerprint density at radius 1 is 1.35 bits per heavy atom. The van der Waals surface area contributed by atoms with E-state index in [0.29, 0.717) is 12.4 Å². The molecule has 0 aliphatic rings. The molecule has 0 spiro atoms. The second-order valence-corrected chi connectivity index (χ2v) is 5.33. The lowest BCUT2D eigenvalue weighted by molar-refractivity contribution is 0.0692. The number of carboxylic acid groups (broad SMARTS) is 1. The lowest BCUT2D eigenvalue weighted by Crippen LogP contribution is -2.04. The fourth-order valence-corrected chi connectivity index (χ4v) is 2.60. The van der Waals surface area contributed by atoms with Gasteiger partial charge in [-0.2, -0.15) is 0 Å². The lowest BCUT2D eigenvalue weighted by Gasteiger charge is -2.08. The minimum atomic E-state index is -0.969. The summed E-state index contributed by atoms with van der Waals surface area (Å²) in [5.41, 5.74) is 0.200. The maximum absolute atomic E-state index is 11.0. The molecule has 2 aromatic rings. The number of carboxylic acids is 1. The van der Waals surface area contributed by atoms with Crippen LogP contribution >= 0.6 is 11.8 Å².